The van der Waals surface area contributed by atoms with E-state index in [0.29, 0.717) is 24.5 Å². The molecule has 3 rings (SSSR count). The Hall–Kier alpha value is -2.81. The molecule has 1 unspecified atom stereocenters. The van der Waals surface area contributed by atoms with E-state index in [4.69, 9.17) is 0 Å². The Balaban J connectivity index is 1.72. The summed E-state index contributed by atoms with van der Waals surface area (Å²) in [4.78, 5) is 27.2. The fourth-order valence-electron chi connectivity index (χ4n) is 2.89. The second-order valence-electron chi connectivity index (χ2n) is 6.65. The molecule has 2 aromatic rings. The molecule has 2 amide bonds. The van der Waals surface area contributed by atoms with Crippen molar-refractivity contribution in [3.8, 4) is 0 Å². The number of hydrogen-bond donors (Lipinski definition) is 1. The smallest absolute Gasteiger partial charge is 0.254 e. The maximum absolute atomic E-state index is 13.4. The number of halogens is 2. The van der Waals surface area contributed by atoms with Gasteiger partial charge in [-0.05, 0) is 24.3 Å². The Kier molecular flexibility index (Phi) is 5.22. The highest BCUT2D eigenvalue weighted by atomic mass is 19.2. The zero-order chi connectivity index (χ0) is 19.7. The summed E-state index contributed by atoms with van der Waals surface area (Å²) in [6.45, 7) is 0.969. The van der Waals surface area contributed by atoms with Crippen molar-refractivity contribution in [2.75, 3.05) is 20.6 Å². The van der Waals surface area contributed by atoms with Crippen LogP contribution in [0.1, 0.15) is 34.3 Å². The molecule has 7 nitrogen and oxygen atoms in total. The number of nitrogens with zero attached hydrogens (tertiary/aromatic N) is 4. The topological polar surface area (TPSA) is 78.7 Å². The highest BCUT2D eigenvalue weighted by Crippen LogP contribution is 2.22. The maximum Gasteiger partial charge on any atom is 0.254 e. The summed E-state index contributed by atoms with van der Waals surface area (Å²) < 4.78 is 28.1. The van der Waals surface area contributed by atoms with Crippen molar-refractivity contribution in [1.29, 1.82) is 0 Å². The van der Waals surface area contributed by atoms with Crippen molar-refractivity contribution in [2.24, 2.45) is 0 Å². The van der Waals surface area contributed by atoms with Crippen LogP contribution in [0.15, 0.2) is 24.3 Å². The van der Waals surface area contributed by atoms with Crippen LogP contribution in [-0.2, 0) is 17.9 Å². The second-order valence-corrected chi connectivity index (χ2v) is 6.65. The summed E-state index contributed by atoms with van der Waals surface area (Å²) >= 11 is 0. The van der Waals surface area contributed by atoms with Gasteiger partial charge in [-0.3, -0.25) is 14.3 Å². The van der Waals surface area contributed by atoms with Gasteiger partial charge in [0.05, 0.1) is 30.9 Å². The summed E-state index contributed by atoms with van der Waals surface area (Å²) in [5.74, 6) is -2.71. The monoisotopic (exact) mass is 378 g/mol. The van der Waals surface area contributed by atoms with Crippen LogP contribution in [0.3, 0.4) is 0 Å². The number of fused-ring (bicyclic) bond motifs is 1. The van der Waals surface area contributed by atoms with Gasteiger partial charge in [0.15, 0.2) is 11.6 Å². The molecule has 144 valence electrons. The first-order chi connectivity index (χ1) is 12.8. The van der Waals surface area contributed by atoms with Crippen molar-refractivity contribution in [1.82, 2.24) is 19.6 Å². The molecule has 0 radical (unpaired) electrons. The SMILES string of the molecule is CN(C)C(=O)CC(O)c1cc2n(n1)CCN(C(=O)c1ccc(F)c(F)c1)C2. The van der Waals surface area contributed by atoms with E-state index in [9.17, 15) is 23.5 Å². The Morgan fingerprint density at radius 1 is 1.22 bits per heavy atom. The first kappa shape index (κ1) is 19.0. The van der Waals surface area contributed by atoms with Gasteiger partial charge in [0, 0.05) is 26.2 Å². The molecular formula is C18H20F2N4O3. The summed E-state index contributed by atoms with van der Waals surface area (Å²) in [7, 11) is 3.21. The van der Waals surface area contributed by atoms with Crippen LogP contribution >= 0.6 is 0 Å². The van der Waals surface area contributed by atoms with E-state index in [1.165, 1.54) is 15.9 Å². The Morgan fingerprint density at radius 2 is 1.96 bits per heavy atom. The van der Waals surface area contributed by atoms with Crippen molar-refractivity contribution >= 4 is 11.8 Å². The number of rotatable bonds is 4. The summed E-state index contributed by atoms with van der Waals surface area (Å²) in [6.07, 6.45) is -1.12. The van der Waals surface area contributed by atoms with Crippen molar-refractivity contribution < 1.29 is 23.5 Å². The minimum absolute atomic E-state index is 0.0682. The van der Waals surface area contributed by atoms with Gasteiger partial charge in [-0.15, -0.1) is 0 Å². The minimum Gasteiger partial charge on any atom is -0.386 e. The van der Waals surface area contributed by atoms with Gasteiger partial charge in [0.25, 0.3) is 5.91 Å². The molecule has 1 aromatic heterocycles. The predicted molar refractivity (Wildman–Crippen MR) is 91.6 cm³/mol. The molecule has 9 heteroatoms. The number of carbonyl (C=O) groups is 2. The molecule has 1 N–H and O–H groups in total. The van der Waals surface area contributed by atoms with Crippen LogP contribution < -0.4 is 0 Å². The zero-order valence-electron chi connectivity index (χ0n) is 15.0. The Morgan fingerprint density at radius 3 is 2.63 bits per heavy atom. The molecule has 1 aromatic carbocycles. The third kappa shape index (κ3) is 3.97. The highest BCUT2D eigenvalue weighted by Gasteiger charge is 2.26. The van der Waals surface area contributed by atoms with Gasteiger partial charge in [-0.25, -0.2) is 8.78 Å². The number of aliphatic hydroxyl groups is 1. The minimum atomic E-state index is -1.07. The van der Waals surface area contributed by atoms with Gasteiger partial charge in [-0.1, -0.05) is 0 Å². The summed E-state index contributed by atoms with van der Waals surface area (Å²) in [5.41, 5.74) is 1.13. The van der Waals surface area contributed by atoms with Crippen LogP contribution in [0.4, 0.5) is 8.78 Å². The molecule has 0 saturated carbocycles. The maximum atomic E-state index is 13.4. The zero-order valence-corrected chi connectivity index (χ0v) is 15.0. The third-order valence-electron chi connectivity index (χ3n) is 4.48. The van der Waals surface area contributed by atoms with Gasteiger partial charge in [0.1, 0.15) is 6.10 Å². The standard InChI is InChI=1S/C18H20F2N4O3/c1-22(2)17(26)9-16(25)15-8-12-10-23(5-6-24(12)21-15)18(27)11-3-4-13(19)14(20)7-11/h3-4,7-8,16,25H,5-6,9-10H2,1-2H3. The first-order valence-corrected chi connectivity index (χ1v) is 8.45. The van der Waals surface area contributed by atoms with E-state index in [1.807, 2.05) is 0 Å². The quantitative estimate of drug-likeness (QED) is 0.871. The lowest BCUT2D eigenvalue weighted by Crippen LogP contribution is -2.38. The number of carbonyl (C=O) groups excluding carboxylic acids is 2. The largest absolute Gasteiger partial charge is 0.386 e. The molecule has 1 aliphatic rings. The van der Waals surface area contributed by atoms with Gasteiger partial charge in [0.2, 0.25) is 5.91 Å². The number of benzene rings is 1. The predicted octanol–water partition coefficient (Wildman–Crippen LogP) is 1.33. The molecule has 0 bridgehead atoms. The van der Waals surface area contributed by atoms with E-state index in [-0.39, 0.29) is 24.4 Å². The fourth-order valence-corrected chi connectivity index (χ4v) is 2.89. The van der Waals surface area contributed by atoms with Crippen LogP contribution in [-0.4, -0.2) is 57.1 Å². The van der Waals surface area contributed by atoms with Crippen LogP contribution in [0.5, 0.6) is 0 Å². The lowest BCUT2D eigenvalue weighted by molar-refractivity contribution is -0.130. The van der Waals surface area contributed by atoms with Crippen LogP contribution in [0, 0.1) is 11.6 Å². The highest BCUT2D eigenvalue weighted by molar-refractivity contribution is 5.94. The number of aromatic nitrogens is 2. The number of amides is 2. The second kappa shape index (κ2) is 7.43. The molecule has 27 heavy (non-hydrogen) atoms. The first-order valence-electron chi connectivity index (χ1n) is 8.45. The summed E-state index contributed by atoms with van der Waals surface area (Å²) in [5, 5.41) is 14.5. The lowest BCUT2D eigenvalue weighted by atomic mass is 10.1. The molecule has 1 aliphatic heterocycles. The van der Waals surface area contributed by atoms with E-state index >= 15 is 0 Å². The van der Waals surface area contributed by atoms with Crippen molar-refractivity contribution in [3.05, 3.63) is 52.9 Å². The fraction of sp³-hybridized carbons (Fsp3) is 0.389. The van der Waals surface area contributed by atoms with Crippen molar-refractivity contribution in [3.63, 3.8) is 0 Å². The van der Waals surface area contributed by atoms with Gasteiger partial charge < -0.3 is 14.9 Å². The Bertz CT molecular complexity index is 881. The molecule has 0 saturated heterocycles. The summed E-state index contributed by atoms with van der Waals surface area (Å²) in [6, 6.07) is 4.70. The Labute approximate surface area is 154 Å². The molecular weight excluding hydrogens is 358 g/mol. The molecule has 0 spiro atoms. The molecule has 0 aliphatic carbocycles. The molecule has 0 fully saturated rings. The van der Waals surface area contributed by atoms with Crippen LogP contribution in [0.2, 0.25) is 0 Å². The van der Waals surface area contributed by atoms with Crippen molar-refractivity contribution in [2.45, 2.75) is 25.6 Å². The molecule has 1 atom stereocenters. The van der Waals surface area contributed by atoms with E-state index in [1.54, 1.807) is 24.8 Å². The van der Waals surface area contributed by atoms with E-state index in [2.05, 4.69) is 5.10 Å². The van der Waals surface area contributed by atoms with Gasteiger partial charge >= 0.3 is 0 Å². The van der Waals surface area contributed by atoms with E-state index in [0.717, 1.165) is 12.1 Å². The average molecular weight is 378 g/mol. The van der Waals surface area contributed by atoms with Crippen LogP contribution in [0.25, 0.3) is 0 Å². The molecule has 2 heterocycles. The third-order valence-corrected chi connectivity index (χ3v) is 4.48. The average Bonchev–Trinajstić information content (AvgIpc) is 3.06. The normalized spacial score (nSPS) is 14.6. The number of aliphatic hydroxyl groups excluding tert-OH is 1. The lowest BCUT2D eigenvalue weighted by Gasteiger charge is -2.27. The number of hydrogen-bond acceptors (Lipinski definition) is 4. The van der Waals surface area contributed by atoms with Gasteiger partial charge in [-0.2, -0.15) is 5.10 Å². The van der Waals surface area contributed by atoms with E-state index < -0.39 is 23.6 Å².